The van der Waals surface area contributed by atoms with E-state index in [4.69, 9.17) is 4.74 Å². The minimum Gasteiger partial charge on any atom is -0.366 e. The molecular formula is C21H23F6N7O3. The normalized spacial score (nSPS) is 20.8. The van der Waals surface area contributed by atoms with Gasteiger partial charge in [0.05, 0.1) is 17.7 Å². The van der Waals surface area contributed by atoms with Gasteiger partial charge in [-0.05, 0) is 19.3 Å². The molecule has 0 unspecified atom stereocenters. The van der Waals surface area contributed by atoms with E-state index < -0.39 is 41.2 Å². The lowest BCUT2D eigenvalue weighted by atomic mass is 10.2. The second-order valence-corrected chi connectivity index (χ2v) is 8.66. The minimum absolute atomic E-state index is 0.140. The lowest BCUT2D eigenvalue weighted by molar-refractivity contribution is -0.139. The standard InChI is InChI=1S/C21H23F6N7O3/c22-20(23,24)12-9-28-19(29-10-12)34-6-4-33(5-7-34)17(35)11-37-15-3-1-2-14(15)30-16-8-13(21(25,26)27)18(36)32-31-16/h8-10,14-15H,1-7,11H2,(H,30,31)(H,32,36)/t14-,15-/m1/s1. The fourth-order valence-electron chi connectivity index (χ4n) is 4.23. The number of amides is 1. The van der Waals surface area contributed by atoms with Gasteiger partial charge in [-0.3, -0.25) is 9.59 Å². The number of carbonyl (C=O) groups excluding carboxylic acids is 1. The molecule has 0 spiro atoms. The number of rotatable bonds is 6. The SMILES string of the molecule is O=C(CO[C@@H]1CCC[C@H]1Nc1cc(C(F)(F)F)c(=O)[nH]n1)N1CCN(c2ncc(C(F)(F)F)cn2)CC1. The van der Waals surface area contributed by atoms with E-state index in [1.54, 1.807) is 9.80 Å². The summed E-state index contributed by atoms with van der Waals surface area (Å²) in [4.78, 5) is 34.8. The first-order chi connectivity index (χ1) is 17.4. The minimum atomic E-state index is -4.83. The van der Waals surface area contributed by atoms with E-state index in [1.165, 1.54) is 0 Å². The molecule has 10 nitrogen and oxygen atoms in total. The Labute approximate surface area is 206 Å². The van der Waals surface area contributed by atoms with Crippen LogP contribution in [0.2, 0.25) is 0 Å². The maximum Gasteiger partial charge on any atom is 0.421 e. The third-order valence-electron chi connectivity index (χ3n) is 6.20. The maximum atomic E-state index is 13.0. The average molecular weight is 535 g/mol. The van der Waals surface area contributed by atoms with Gasteiger partial charge in [-0.15, -0.1) is 0 Å². The smallest absolute Gasteiger partial charge is 0.366 e. The molecule has 2 atom stereocenters. The zero-order valence-corrected chi connectivity index (χ0v) is 19.3. The molecule has 1 saturated carbocycles. The molecule has 1 aliphatic heterocycles. The molecule has 1 saturated heterocycles. The Morgan fingerprint density at radius 2 is 1.73 bits per heavy atom. The van der Waals surface area contributed by atoms with Crippen molar-refractivity contribution in [3.63, 3.8) is 0 Å². The molecular weight excluding hydrogens is 512 g/mol. The number of halogens is 6. The summed E-state index contributed by atoms with van der Waals surface area (Å²) in [5.74, 6) is -0.304. The van der Waals surface area contributed by atoms with E-state index in [-0.39, 0.29) is 24.3 Å². The van der Waals surface area contributed by atoms with Crippen LogP contribution in [0, 0.1) is 0 Å². The number of H-pyrrole nitrogens is 1. The van der Waals surface area contributed by atoms with Crippen molar-refractivity contribution in [1.29, 1.82) is 0 Å². The van der Waals surface area contributed by atoms with Gasteiger partial charge < -0.3 is 19.9 Å². The maximum absolute atomic E-state index is 13.0. The molecule has 2 aromatic heterocycles. The predicted octanol–water partition coefficient (Wildman–Crippen LogP) is 2.30. The highest BCUT2D eigenvalue weighted by Gasteiger charge is 2.36. The van der Waals surface area contributed by atoms with Crippen LogP contribution in [0.25, 0.3) is 0 Å². The zero-order valence-electron chi connectivity index (χ0n) is 19.3. The molecule has 37 heavy (non-hydrogen) atoms. The fourth-order valence-corrected chi connectivity index (χ4v) is 4.23. The molecule has 1 aliphatic carbocycles. The summed E-state index contributed by atoms with van der Waals surface area (Å²) in [5.41, 5.74) is -3.65. The molecule has 0 aromatic carbocycles. The second-order valence-electron chi connectivity index (χ2n) is 8.66. The zero-order chi connectivity index (χ0) is 26.8. The fraction of sp³-hybridized carbons (Fsp3) is 0.571. The number of carbonyl (C=O) groups is 1. The lowest BCUT2D eigenvalue weighted by Crippen LogP contribution is -2.50. The van der Waals surface area contributed by atoms with Crippen molar-refractivity contribution in [3.05, 3.63) is 39.9 Å². The monoisotopic (exact) mass is 535 g/mol. The summed E-state index contributed by atoms with van der Waals surface area (Å²) in [6.45, 7) is 0.988. The Hall–Kier alpha value is -3.43. The van der Waals surface area contributed by atoms with E-state index in [9.17, 15) is 35.9 Å². The van der Waals surface area contributed by atoms with E-state index >= 15 is 0 Å². The number of piperazine rings is 1. The Morgan fingerprint density at radius 3 is 2.35 bits per heavy atom. The van der Waals surface area contributed by atoms with Crippen molar-refractivity contribution < 1.29 is 35.9 Å². The molecule has 2 aliphatic rings. The molecule has 4 rings (SSSR count). The first kappa shape index (κ1) is 26.6. The quantitative estimate of drug-likeness (QED) is 0.542. The largest absolute Gasteiger partial charge is 0.421 e. The Balaban J connectivity index is 1.27. The molecule has 0 bridgehead atoms. The number of aromatic amines is 1. The van der Waals surface area contributed by atoms with Gasteiger partial charge in [-0.1, -0.05) is 0 Å². The number of ether oxygens (including phenoxy) is 1. The Morgan fingerprint density at radius 1 is 1.05 bits per heavy atom. The number of hydrogen-bond acceptors (Lipinski definition) is 8. The van der Waals surface area contributed by atoms with Gasteiger partial charge in [0, 0.05) is 44.6 Å². The highest BCUT2D eigenvalue weighted by atomic mass is 19.4. The first-order valence-corrected chi connectivity index (χ1v) is 11.4. The van der Waals surface area contributed by atoms with Crippen molar-refractivity contribution in [2.24, 2.45) is 0 Å². The second kappa shape index (κ2) is 10.5. The average Bonchev–Trinajstić information content (AvgIpc) is 3.29. The van der Waals surface area contributed by atoms with Crippen molar-refractivity contribution in [3.8, 4) is 0 Å². The van der Waals surface area contributed by atoms with Gasteiger partial charge in [0.25, 0.3) is 5.56 Å². The summed E-state index contributed by atoms with van der Waals surface area (Å²) in [6, 6.07) is 0.236. The Bertz CT molecular complexity index is 1150. The Kier molecular flexibility index (Phi) is 7.57. The van der Waals surface area contributed by atoms with Crippen molar-refractivity contribution in [2.75, 3.05) is 43.0 Å². The van der Waals surface area contributed by atoms with Crippen LogP contribution in [-0.2, 0) is 21.9 Å². The van der Waals surface area contributed by atoms with E-state index in [0.717, 1.165) is 6.42 Å². The van der Waals surface area contributed by atoms with E-state index in [0.29, 0.717) is 57.5 Å². The molecule has 16 heteroatoms. The van der Waals surface area contributed by atoms with Gasteiger partial charge in [0.2, 0.25) is 11.9 Å². The van der Waals surface area contributed by atoms with Gasteiger partial charge in [0.1, 0.15) is 18.0 Å². The van der Waals surface area contributed by atoms with Gasteiger partial charge >= 0.3 is 12.4 Å². The van der Waals surface area contributed by atoms with Crippen LogP contribution in [0.5, 0.6) is 0 Å². The number of nitrogens with zero attached hydrogens (tertiary/aromatic N) is 5. The number of anilines is 2. The molecule has 1 amide bonds. The lowest BCUT2D eigenvalue weighted by Gasteiger charge is -2.35. The highest BCUT2D eigenvalue weighted by Crippen LogP contribution is 2.30. The van der Waals surface area contributed by atoms with E-state index in [2.05, 4.69) is 20.4 Å². The molecule has 0 radical (unpaired) electrons. The van der Waals surface area contributed by atoms with Crippen LogP contribution < -0.4 is 15.8 Å². The summed E-state index contributed by atoms with van der Waals surface area (Å²) >= 11 is 0. The van der Waals surface area contributed by atoms with Gasteiger partial charge in [-0.25, -0.2) is 15.1 Å². The first-order valence-electron chi connectivity index (χ1n) is 11.4. The summed E-state index contributed by atoms with van der Waals surface area (Å²) in [6.07, 6.45) is -6.50. The van der Waals surface area contributed by atoms with Crippen LogP contribution in [-0.4, -0.2) is 75.9 Å². The molecule has 2 fully saturated rings. The van der Waals surface area contributed by atoms with Gasteiger partial charge in [0.15, 0.2) is 0 Å². The number of alkyl halides is 6. The van der Waals surface area contributed by atoms with Crippen LogP contribution in [0.1, 0.15) is 30.4 Å². The highest BCUT2D eigenvalue weighted by molar-refractivity contribution is 5.77. The molecule has 2 aromatic rings. The predicted molar refractivity (Wildman–Crippen MR) is 117 cm³/mol. The third-order valence-corrected chi connectivity index (χ3v) is 6.20. The number of nitrogens with one attached hydrogen (secondary N) is 2. The molecule has 202 valence electrons. The summed E-state index contributed by atoms with van der Waals surface area (Å²) in [5, 5.41) is 8.30. The van der Waals surface area contributed by atoms with Crippen LogP contribution in [0.15, 0.2) is 23.3 Å². The number of aromatic nitrogens is 4. The third kappa shape index (κ3) is 6.47. The summed E-state index contributed by atoms with van der Waals surface area (Å²) < 4.78 is 82.8. The van der Waals surface area contributed by atoms with Crippen LogP contribution in [0.3, 0.4) is 0 Å². The topological polar surface area (TPSA) is 116 Å². The van der Waals surface area contributed by atoms with Crippen molar-refractivity contribution >= 4 is 17.7 Å². The van der Waals surface area contributed by atoms with Crippen LogP contribution in [0.4, 0.5) is 38.1 Å². The summed E-state index contributed by atoms with van der Waals surface area (Å²) in [7, 11) is 0. The van der Waals surface area contributed by atoms with E-state index in [1.807, 2.05) is 5.10 Å². The van der Waals surface area contributed by atoms with Crippen molar-refractivity contribution in [2.45, 2.75) is 43.8 Å². The van der Waals surface area contributed by atoms with Crippen LogP contribution >= 0.6 is 0 Å². The van der Waals surface area contributed by atoms with Crippen molar-refractivity contribution in [1.82, 2.24) is 25.1 Å². The molecule has 3 heterocycles. The van der Waals surface area contributed by atoms with Gasteiger partial charge in [-0.2, -0.15) is 31.4 Å². The molecule has 2 N–H and O–H groups in total. The number of hydrogen-bond donors (Lipinski definition) is 2.